The van der Waals surface area contributed by atoms with Crippen LogP contribution in [0.1, 0.15) is 36.7 Å². The summed E-state index contributed by atoms with van der Waals surface area (Å²) in [6.07, 6.45) is 5.19. The van der Waals surface area contributed by atoms with Gasteiger partial charge in [0.1, 0.15) is 7.24 Å². The molecule has 1 unspecified atom stereocenters. The molecule has 0 saturated carbocycles. The number of imidazole rings is 1. The van der Waals surface area contributed by atoms with Crippen LogP contribution in [0.15, 0.2) is 30.5 Å². The van der Waals surface area contributed by atoms with Crippen molar-refractivity contribution >= 4 is 0 Å². The third-order valence-electron chi connectivity index (χ3n) is 3.51. The van der Waals surface area contributed by atoms with Crippen molar-refractivity contribution in [2.45, 2.75) is 32.2 Å². The Kier molecular flexibility index (Phi) is 2.84. The van der Waals surface area contributed by atoms with Gasteiger partial charge >= 0.3 is 0 Å². The van der Waals surface area contributed by atoms with Crippen molar-refractivity contribution < 1.29 is 1.41 Å². The zero-order valence-electron chi connectivity index (χ0n) is 11.7. The van der Waals surface area contributed by atoms with Crippen molar-refractivity contribution in [1.29, 1.82) is 0 Å². The largest absolute Gasteiger partial charge is 0.341 e. The Morgan fingerprint density at radius 3 is 2.89 bits per heavy atom. The highest BCUT2D eigenvalue weighted by Crippen LogP contribution is 2.24. The fraction of sp³-hybridized carbons (Fsp3) is 0.400. The fourth-order valence-electron chi connectivity index (χ4n) is 2.40. The van der Waals surface area contributed by atoms with Gasteiger partial charge in [-0.1, -0.05) is 36.2 Å². The molecule has 0 radical (unpaired) electrons. The van der Waals surface area contributed by atoms with Gasteiger partial charge in [0.25, 0.3) is 0 Å². The van der Waals surface area contributed by atoms with Gasteiger partial charge in [0.2, 0.25) is 0 Å². The van der Waals surface area contributed by atoms with Crippen LogP contribution in [0, 0.1) is 6.92 Å². The molecule has 0 aliphatic carbocycles. The van der Waals surface area contributed by atoms with Crippen molar-refractivity contribution in [3.8, 4) is 11.3 Å². The monoisotopic (exact) mass is 242 g/mol. The molecule has 3 rings (SSSR count). The molecule has 0 amide bonds. The number of hydrogen-bond acceptors (Lipinski definition) is 2. The third kappa shape index (κ3) is 2.31. The highest BCUT2D eigenvalue weighted by molar-refractivity contribution is 5.58. The van der Waals surface area contributed by atoms with Gasteiger partial charge < -0.3 is 10.3 Å². The molecule has 3 nitrogen and oxygen atoms in total. The summed E-state index contributed by atoms with van der Waals surface area (Å²) in [5.74, 6) is 0.922. The van der Waals surface area contributed by atoms with E-state index >= 15 is 0 Å². The SMILES string of the molecule is [2H]N1CCCCC1c1ncc(-c2ccc(C)cc2)[nH]1. The van der Waals surface area contributed by atoms with Crippen molar-refractivity contribution in [1.82, 2.24) is 15.3 Å². The number of rotatable bonds is 2. The van der Waals surface area contributed by atoms with Crippen LogP contribution in [0.3, 0.4) is 0 Å². The third-order valence-corrected chi connectivity index (χ3v) is 3.51. The van der Waals surface area contributed by atoms with Crippen LogP contribution in [0.25, 0.3) is 11.3 Å². The zero-order valence-corrected chi connectivity index (χ0v) is 10.7. The highest BCUT2D eigenvalue weighted by Gasteiger charge is 2.17. The number of aryl methyl sites for hydroxylation is 1. The van der Waals surface area contributed by atoms with Gasteiger partial charge in [0.05, 0.1) is 17.9 Å². The second-order valence-corrected chi connectivity index (χ2v) is 4.97. The van der Waals surface area contributed by atoms with Gasteiger partial charge in [-0.25, -0.2) is 4.98 Å². The first-order valence-electron chi connectivity index (χ1n) is 7.06. The lowest BCUT2D eigenvalue weighted by Crippen LogP contribution is -2.27. The standard InChI is InChI=1S/C15H19N3/c1-11-5-7-12(8-6-11)14-10-17-15(18-14)13-4-2-3-9-16-13/h5-8,10,13,16H,2-4,9H2,1H3,(H,17,18)/i/hD. The molecule has 1 atom stereocenters. The maximum atomic E-state index is 7.98. The minimum Gasteiger partial charge on any atom is -0.341 e. The topological polar surface area (TPSA) is 40.7 Å². The highest BCUT2D eigenvalue weighted by atomic mass is 15.0. The summed E-state index contributed by atoms with van der Waals surface area (Å²) in [6, 6.07) is 8.53. The van der Waals surface area contributed by atoms with E-state index in [0.29, 0.717) is 0 Å². The normalized spacial score (nSPS) is 21.8. The molecule has 3 heteroatoms. The number of nitrogens with zero attached hydrogens (tertiary/aromatic N) is 1. The van der Waals surface area contributed by atoms with Gasteiger partial charge in [-0.15, -0.1) is 0 Å². The average molecular weight is 242 g/mol. The molecular weight excluding hydrogens is 222 g/mol. The fourth-order valence-corrected chi connectivity index (χ4v) is 2.40. The molecule has 1 fully saturated rings. The second kappa shape index (κ2) is 4.94. The van der Waals surface area contributed by atoms with E-state index in [1.807, 2.05) is 6.20 Å². The molecule has 1 aromatic carbocycles. The summed E-state index contributed by atoms with van der Waals surface area (Å²) in [4.78, 5) is 7.85. The van der Waals surface area contributed by atoms with Crippen molar-refractivity contribution in [3.05, 3.63) is 41.9 Å². The summed E-state index contributed by atoms with van der Waals surface area (Å²) in [6.45, 7) is 2.92. The van der Waals surface area contributed by atoms with Crippen molar-refractivity contribution in [2.75, 3.05) is 6.54 Å². The molecule has 1 aliphatic heterocycles. The summed E-state index contributed by atoms with van der Waals surface area (Å²) in [5.41, 5.74) is 3.44. The summed E-state index contributed by atoms with van der Waals surface area (Å²) in [7, 11) is 0. The summed E-state index contributed by atoms with van der Waals surface area (Å²) >= 11 is 0. The summed E-state index contributed by atoms with van der Waals surface area (Å²) < 4.78 is 7.98. The minimum absolute atomic E-state index is 0.118. The van der Waals surface area contributed by atoms with Gasteiger partial charge in [0.15, 0.2) is 0 Å². The number of nitrogens with one attached hydrogen (secondary N) is 2. The number of aromatic amines is 1. The minimum atomic E-state index is 0.118. The molecule has 2 aromatic rings. The second-order valence-electron chi connectivity index (χ2n) is 4.97. The van der Waals surface area contributed by atoms with Crippen LogP contribution in [0.5, 0.6) is 0 Å². The van der Waals surface area contributed by atoms with Gasteiger partial charge in [-0.05, 0) is 31.9 Å². The lowest BCUT2D eigenvalue weighted by molar-refractivity contribution is 0.399. The number of piperidine rings is 1. The first kappa shape index (κ1) is 10.3. The number of H-pyrrole nitrogens is 1. The molecule has 18 heavy (non-hydrogen) atoms. The number of benzene rings is 1. The van der Waals surface area contributed by atoms with Crippen LogP contribution in [0.4, 0.5) is 0 Å². The van der Waals surface area contributed by atoms with Gasteiger partial charge in [-0.3, -0.25) is 0 Å². The first-order chi connectivity index (χ1) is 9.24. The molecule has 1 aliphatic rings. The smallest absolute Gasteiger partial charge is 0.123 e. The van der Waals surface area contributed by atoms with E-state index in [9.17, 15) is 0 Å². The van der Waals surface area contributed by atoms with Gasteiger partial charge in [0, 0.05) is 0 Å². The number of hydrogen-bond donors (Lipinski definition) is 2. The van der Waals surface area contributed by atoms with Crippen LogP contribution < -0.4 is 5.31 Å². The van der Waals surface area contributed by atoms with E-state index in [1.54, 1.807) is 5.31 Å². The van der Waals surface area contributed by atoms with E-state index in [-0.39, 0.29) is 6.04 Å². The van der Waals surface area contributed by atoms with Crippen molar-refractivity contribution in [3.63, 3.8) is 0 Å². The van der Waals surface area contributed by atoms with Crippen LogP contribution in [0.2, 0.25) is 1.41 Å². The zero-order chi connectivity index (χ0) is 13.2. The number of aromatic nitrogens is 2. The predicted molar refractivity (Wildman–Crippen MR) is 73.4 cm³/mol. The maximum absolute atomic E-state index is 7.98. The Labute approximate surface area is 109 Å². The quantitative estimate of drug-likeness (QED) is 0.849. The van der Waals surface area contributed by atoms with E-state index in [2.05, 4.69) is 41.2 Å². The lowest BCUT2D eigenvalue weighted by atomic mass is 10.0. The van der Waals surface area contributed by atoms with Crippen molar-refractivity contribution in [2.24, 2.45) is 0 Å². The molecule has 0 spiro atoms. The first-order valence-corrected chi connectivity index (χ1v) is 6.61. The molecule has 94 valence electrons. The lowest BCUT2D eigenvalue weighted by Gasteiger charge is -2.21. The summed E-state index contributed by atoms with van der Waals surface area (Å²) in [5, 5.41) is 1.65. The molecule has 2 N–H and O–H groups in total. The van der Waals surface area contributed by atoms with E-state index in [4.69, 9.17) is 1.41 Å². The van der Waals surface area contributed by atoms with E-state index in [1.165, 1.54) is 12.0 Å². The molecule has 1 aromatic heterocycles. The Morgan fingerprint density at radius 2 is 2.11 bits per heavy atom. The Balaban J connectivity index is 1.84. The van der Waals surface area contributed by atoms with Gasteiger partial charge in [-0.2, -0.15) is 0 Å². The Morgan fingerprint density at radius 1 is 1.28 bits per heavy atom. The molecule has 2 heterocycles. The van der Waals surface area contributed by atoms with Crippen LogP contribution in [-0.4, -0.2) is 16.5 Å². The van der Waals surface area contributed by atoms with Crippen LogP contribution in [-0.2, 0) is 0 Å². The average Bonchev–Trinajstić information content (AvgIpc) is 2.89. The maximum Gasteiger partial charge on any atom is 0.123 e. The molecule has 0 bridgehead atoms. The predicted octanol–water partition coefficient (Wildman–Crippen LogP) is 3.20. The molecule has 1 saturated heterocycles. The van der Waals surface area contributed by atoms with E-state index < -0.39 is 0 Å². The Bertz CT molecular complexity index is 547. The molecular formula is C15H19N3. The van der Waals surface area contributed by atoms with E-state index in [0.717, 1.165) is 36.5 Å². The Hall–Kier alpha value is -1.61. The van der Waals surface area contributed by atoms with Crippen LogP contribution >= 0.6 is 0 Å².